The van der Waals surface area contributed by atoms with Gasteiger partial charge in [0.2, 0.25) is 5.82 Å². The Morgan fingerprint density at radius 3 is 2.58 bits per heavy atom. The number of pyridine rings is 1. The number of ether oxygens (including phenoxy) is 3. The van der Waals surface area contributed by atoms with E-state index in [2.05, 4.69) is 10.3 Å². The van der Waals surface area contributed by atoms with Gasteiger partial charge in [0.05, 0.1) is 32.2 Å². The number of methoxy groups -OCH3 is 1. The summed E-state index contributed by atoms with van der Waals surface area (Å²) in [6.45, 7) is 3.65. The van der Waals surface area contributed by atoms with Crippen molar-refractivity contribution in [1.29, 1.82) is 5.26 Å². The van der Waals surface area contributed by atoms with Crippen molar-refractivity contribution in [2.75, 3.05) is 44.9 Å². The number of aromatic nitrogens is 1. The quantitative estimate of drug-likeness (QED) is 0.723. The van der Waals surface area contributed by atoms with Crippen LogP contribution in [0.1, 0.15) is 17.7 Å². The van der Waals surface area contributed by atoms with Gasteiger partial charge in [-0.2, -0.15) is 9.65 Å². The van der Waals surface area contributed by atoms with Crippen LogP contribution in [0.2, 0.25) is 0 Å². The van der Waals surface area contributed by atoms with Crippen LogP contribution in [0.15, 0.2) is 30.5 Å². The van der Waals surface area contributed by atoms with Crippen LogP contribution in [-0.2, 0) is 16.0 Å². The third-order valence-corrected chi connectivity index (χ3v) is 5.72. The summed E-state index contributed by atoms with van der Waals surface area (Å²) in [5.74, 6) is -2.11. The Morgan fingerprint density at radius 1 is 1.23 bits per heavy atom. The molecule has 2 aliphatic heterocycles. The van der Waals surface area contributed by atoms with Crippen molar-refractivity contribution in [3.05, 3.63) is 53.4 Å². The highest BCUT2D eigenvalue weighted by Gasteiger charge is 2.42. The van der Waals surface area contributed by atoms with Crippen LogP contribution >= 0.6 is 0 Å². The van der Waals surface area contributed by atoms with Gasteiger partial charge in [-0.3, -0.25) is 0 Å². The second-order valence-corrected chi connectivity index (χ2v) is 7.93. The molecule has 0 bridgehead atoms. The number of anilines is 1. The number of hydrogen-bond donors (Lipinski definition) is 1. The molecule has 31 heavy (non-hydrogen) atoms. The lowest BCUT2D eigenvalue weighted by Gasteiger charge is -2.46. The third-order valence-electron chi connectivity index (χ3n) is 5.72. The second-order valence-electron chi connectivity index (χ2n) is 7.93. The number of nitriles is 1. The summed E-state index contributed by atoms with van der Waals surface area (Å²) >= 11 is 0. The molecule has 0 radical (unpaired) electrons. The predicted molar refractivity (Wildman–Crippen MR) is 109 cm³/mol. The van der Waals surface area contributed by atoms with Gasteiger partial charge in [0.15, 0.2) is 17.9 Å². The summed E-state index contributed by atoms with van der Waals surface area (Å²) in [6, 6.07) is 8.21. The lowest BCUT2D eigenvalue weighted by molar-refractivity contribution is -0.239. The molecule has 1 spiro atoms. The number of halogens is 2. The van der Waals surface area contributed by atoms with Crippen molar-refractivity contribution < 1.29 is 23.0 Å². The van der Waals surface area contributed by atoms with E-state index in [-0.39, 0.29) is 35.3 Å². The minimum atomic E-state index is -1.02. The van der Waals surface area contributed by atoms with Crippen molar-refractivity contribution in [3.63, 3.8) is 0 Å². The summed E-state index contributed by atoms with van der Waals surface area (Å²) in [5.41, 5.74) is 1.23. The standard InChI is InChI=1S/C22H24F2N4O3/c1-29-18-5-2-15(20(23)21(18)24)10-28(17-4-3-16(8-25)27-9-17)7-6-19-30-13-22(14-31-19)11-26-12-22/h2-5,9,19,26H,6-7,10-14H2,1H3. The van der Waals surface area contributed by atoms with Gasteiger partial charge in [0.25, 0.3) is 0 Å². The molecule has 9 heteroatoms. The van der Waals surface area contributed by atoms with Crippen molar-refractivity contribution in [2.24, 2.45) is 5.41 Å². The minimum Gasteiger partial charge on any atom is -0.494 e. The molecule has 2 fully saturated rings. The number of benzene rings is 1. The fourth-order valence-electron chi connectivity index (χ4n) is 3.74. The Balaban J connectivity index is 1.48. The molecule has 1 aromatic carbocycles. The molecule has 0 amide bonds. The van der Waals surface area contributed by atoms with E-state index in [1.807, 2.05) is 11.0 Å². The van der Waals surface area contributed by atoms with Gasteiger partial charge in [-0.1, -0.05) is 6.07 Å². The molecule has 0 saturated carbocycles. The van der Waals surface area contributed by atoms with E-state index in [9.17, 15) is 8.78 Å². The van der Waals surface area contributed by atoms with Crippen molar-refractivity contribution in [1.82, 2.24) is 10.3 Å². The summed E-state index contributed by atoms with van der Waals surface area (Å²) in [5, 5.41) is 12.2. The molecule has 1 aromatic heterocycles. The van der Waals surface area contributed by atoms with E-state index in [0.717, 1.165) is 13.1 Å². The second kappa shape index (κ2) is 9.14. The van der Waals surface area contributed by atoms with E-state index in [1.165, 1.54) is 19.2 Å². The van der Waals surface area contributed by atoms with E-state index < -0.39 is 11.6 Å². The topological polar surface area (TPSA) is 79.6 Å². The molecule has 0 atom stereocenters. The molecule has 2 aromatic rings. The first-order chi connectivity index (χ1) is 15.0. The highest BCUT2D eigenvalue weighted by atomic mass is 19.2. The lowest BCUT2D eigenvalue weighted by atomic mass is 9.83. The number of nitrogens with zero attached hydrogens (tertiary/aromatic N) is 3. The zero-order valence-electron chi connectivity index (χ0n) is 17.2. The molecule has 1 N–H and O–H groups in total. The minimum absolute atomic E-state index is 0.0803. The van der Waals surface area contributed by atoms with Crippen molar-refractivity contribution >= 4 is 5.69 Å². The molecule has 3 heterocycles. The molecule has 4 rings (SSSR count). The van der Waals surface area contributed by atoms with Crippen LogP contribution < -0.4 is 15.0 Å². The van der Waals surface area contributed by atoms with Gasteiger partial charge in [-0.15, -0.1) is 0 Å². The van der Waals surface area contributed by atoms with Crippen molar-refractivity contribution in [2.45, 2.75) is 19.3 Å². The number of nitrogens with one attached hydrogen (secondary N) is 1. The Hall–Kier alpha value is -2.80. The highest BCUT2D eigenvalue weighted by molar-refractivity contribution is 5.47. The van der Waals surface area contributed by atoms with Crippen LogP contribution in [0.25, 0.3) is 0 Å². The average molecular weight is 430 g/mol. The predicted octanol–water partition coefficient (Wildman–Crippen LogP) is 2.60. The zero-order valence-corrected chi connectivity index (χ0v) is 17.2. The fraction of sp³-hybridized carbons (Fsp3) is 0.455. The first kappa shape index (κ1) is 21.4. The molecule has 2 saturated heterocycles. The Labute approximate surface area is 179 Å². The fourth-order valence-corrected chi connectivity index (χ4v) is 3.74. The Morgan fingerprint density at radius 2 is 2.00 bits per heavy atom. The Bertz CT molecular complexity index is 950. The first-order valence-corrected chi connectivity index (χ1v) is 10.1. The molecule has 164 valence electrons. The molecule has 7 nitrogen and oxygen atoms in total. The largest absolute Gasteiger partial charge is 0.494 e. The summed E-state index contributed by atoms with van der Waals surface area (Å²) < 4.78 is 45.4. The van der Waals surface area contributed by atoms with Gasteiger partial charge < -0.3 is 24.4 Å². The number of rotatable bonds is 7. The van der Waals surface area contributed by atoms with E-state index in [4.69, 9.17) is 19.5 Å². The van der Waals surface area contributed by atoms with Gasteiger partial charge in [-0.05, 0) is 18.2 Å². The smallest absolute Gasteiger partial charge is 0.200 e. The molecular weight excluding hydrogens is 406 g/mol. The van der Waals surface area contributed by atoms with Crippen LogP contribution in [0.4, 0.5) is 14.5 Å². The van der Waals surface area contributed by atoms with E-state index in [0.29, 0.717) is 31.9 Å². The van der Waals surface area contributed by atoms with Crippen molar-refractivity contribution in [3.8, 4) is 11.8 Å². The summed E-state index contributed by atoms with van der Waals surface area (Å²) in [7, 11) is 1.29. The number of hydrogen-bond acceptors (Lipinski definition) is 7. The van der Waals surface area contributed by atoms with Crippen LogP contribution in [0, 0.1) is 28.4 Å². The van der Waals surface area contributed by atoms with E-state index in [1.54, 1.807) is 18.3 Å². The lowest BCUT2D eigenvalue weighted by Crippen LogP contribution is -2.61. The summed E-state index contributed by atoms with van der Waals surface area (Å²) in [6.07, 6.45) is 1.73. The van der Waals surface area contributed by atoms with Crippen LogP contribution in [0.5, 0.6) is 5.75 Å². The van der Waals surface area contributed by atoms with E-state index >= 15 is 0 Å². The molecule has 0 aliphatic carbocycles. The van der Waals surface area contributed by atoms with Crippen LogP contribution in [-0.4, -0.2) is 51.2 Å². The average Bonchev–Trinajstić information content (AvgIpc) is 2.79. The van der Waals surface area contributed by atoms with Gasteiger partial charge >= 0.3 is 0 Å². The maximum absolute atomic E-state index is 14.6. The monoisotopic (exact) mass is 430 g/mol. The molecular formula is C22H24F2N4O3. The molecule has 2 aliphatic rings. The van der Waals surface area contributed by atoms with Gasteiger partial charge in [0, 0.05) is 43.6 Å². The Kier molecular flexibility index (Phi) is 6.32. The normalized spacial score (nSPS) is 17.7. The van der Waals surface area contributed by atoms with Gasteiger partial charge in [-0.25, -0.2) is 9.37 Å². The van der Waals surface area contributed by atoms with Crippen LogP contribution in [0.3, 0.4) is 0 Å². The SMILES string of the molecule is COc1ccc(CN(CCC2OCC3(CNC3)CO2)c2ccc(C#N)nc2)c(F)c1F. The highest BCUT2D eigenvalue weighted by Crippen LogP contribution is 2.30. The van der Waals surface area contributed by atoms with Gasteiger partial charge in [0.1, 0.15) is 11.8 Å². The molecule has 0 unspecified atom stereocenters. The first-order valence-electron chi connectivity index (χ1n) is 10.1. The zero-order chi connectivity index (χ0) is 21.8. The maximum atomic E-state index is 14.6. The summed E-state index contributed by atoms with van der Waals surface area (Å²) in [4.78, 5) is 5.96. The maximum Gasteiger partial charge on any atom is 0.200 e. The third kappa shape index (κ3) is 4.61.